The second-order valence-electron chi connectivity index (χ2n) is 16.4. The fourth-order valence-corrected chi connectivity index (χ4v) is 6.66. The number of quaternary nitrogens is 1. The van der Waals surface area contributed by atoms with Gasteiger partial charge >= 0.3 is 11.9 Å². The lowest BCUT2D eigenvalue weighted by molar-refractivity contribution is -0.870. The molecule has 0 N–H and O–H groups in total. The maximum absolute atomic E-state index is 12.7. The predicted molar refractivity (Wildman–Crippen MR) is 240 cm³/mol. The Bertz CT molecular complexity index is 1170. The molecule has 0 amide bonds. The monoisotopic (exact) mass is 836 g/mol. The van der Waals surface area contributed by atoms with Gasteiger partial charge in [-0.25, -0.2) is 0 Å². The molecule has 10 heteroatoms. The third-order valence-electron chi connectivity index (χ3n) is 9.55. The lowest BCUT2D eigenvalue weighted by Crippen LogP contribution is -2.37. The van der Waals surface area contributed by atoms with Gasteiger partial charge in [-0.15, -0.1) is 0 Å². The summed E-state index contributed by atoms with van der Waals surface area (Å²) in [5, 5.41) is 0. The van der Waals surface area contributed by atoms with Crippen LogP contribution in [0.15, 0.2) is 60.8 Å². The normalized spacial score (nSPS) is 14.1. The summed E-state index contributed by atoms with van der Waals surface area (Å²) in [4.78, 5) is 37.5. The van der Waals surface area contributed by atoms with Gasteiger partial charge in [0.05, 0.1) is 27.7 Å². The number of allylic oxidation sites excluding steroid dienone is 10. The lowest BCUT2D eigenvalue weighted by Gasteiger charge is -2.28. The molecule has 0 aromatic heterocycles. The summed E-state index contributed by atoms with van der Waals surface area (Å²) in [5.41, 5.74) is 0. The second-order valence-corrected chi connectivity index (χ2v) is 17.8. The number of phosphoric ester groups is 1. The Kier molecular flexibility index (Phi) is 38.5. The van der Waals surface area contributed by atoms with Gasteiger partial charge in [-0.1, -0.05) is 177 Å². The molecule has 2 unspecified atom stereocenters. The van der Waals surface area contributed by atoms with Crippen molar-refractivity contribution < 1.29 is 42.1 Å². The number of rotatable bonds is 41. The van der Waals surface area contributed by atoms with Gasteiger partial charge in [0.2, 0.25) is 0 Å². The Hall–Kier alpha value is -2.29. The van der Waals surface area contributed by atoms with Crippen LogP contribution in [0.1, 0.15) is 181 Å². The van der Waals surface area contributed by atoms with E-state index in [1.165, 1.54) is 103 Å². The number of phosphoric acid groups is 1. The van der Waals surface area contributed by atoms with Gasteiger partial charge in [-0.05, 0) is 51.4 Å². The van der Waals surface area contributed by atoms with E-state index in [2.05, 4.69) is 62.5 Å². The fraction of sp³-hybridized carbons (Fsp3) is 0.750. The quantitative estimate of drug-likeness (QED) is 0.0197. The van der Waals surface area contributed by atoms with Gasteiger partial charge in [0.1, 0.15) is 19.8 Å². The molecule has 0 saturated carbocycles. The van der Waals surface area contributed by atoms with Gasteiger partial charge in [0.25, 0.3) is 7.82 Å². The van der Waals surface area contributed by atoms with Crippen LogP contribution in [0.2, 0.25) is 0 Å². The molecule has 0 aliphatic heterocycles. The molecule has 0 aromatic rings. The molecule has 0 spiro atoms. The highest BCUT2D eigenvalue weighted by Gasteiger charge is 2.21. The molecule has 336 valence electrons. The smallest absolute Gasteiger partial charge is 0.306 e. The number of nitrogens with zero attached hydrogens (tertiary/aromatic N) is 1. The number of unbranched alkanes of at least 4 members (excludes halogenated alkanes) is 17. The summed E-state index contributed by atoms with van der Waals surface area (Å²) < 4.78 is 33.8. The molecule has 2 atom stereocenters. The maximum atomic E-state index is 12.7. The van der Waals surface area contributed by atoms with Crippen molar-refractivity contribution >= 4 is 19.8 Å². The molecule has 0 heterocycles. The molecule has 0 fully saturated rings. The number of likely N-dealkylation sites (N-methyl/N-ethyl adjacent to an activating group) is 1. The van der Waals surface area contributed by atoms with Crippen molar-refractivity contribution in [2.24, 2.45) is 0 Å². The Morgan fingerprint density at radius 3 is 1.45 bits per heavy atom. The zero-order chi connectivity index (χ0) is 42.8. The van der Waals surface area contributed by atoms with Crippen molar-refractivity contribution in [3.63, 3.8) is 0 Å². The van der Waals surface area contributed by atoms with Gasteiger partial charge in [-0.3, -0.25) is 14.2 Å². The van der Waals surface area contributed by atoms with Crippen molar-refractivity contribution in [1.29, 1.82) is 0 Å². The molecule has 58 heavy (non-hydrogen) atoms. The van der Waals surface area contributed by atoms with Crippen molar-refractivity contribution in [3.8, 4) is 0 Å². The third kappa shape index (κ3) is 43.3. The Morgan fingerprint density at radius 1 is 0.534 bits per heavy atom. The van der Waals surface area contributed by atoms with E-state index in [-0.39, 0.29) is 26.1 Å². The first-order chi connectivity index (χ1) is 28.0. The number of carbonyl (C=O) groups is 2. The molecule has 0 rings (SSSR count). The molecular formula is C48H86NO8P. The molecular weight excluding hydrogens is 750 g/mol. The number of carbonyl (C=O) groups excluding carboxylic acids is 2. The summed E-state index contributed by atoms with van der Waals surface area (Å²) in [6.45, 7) is 4.12. The zero-order valence-electron chi connectivity index (χ0n) is 37.7. The van der Waals surface area contributed by atoms with E-state index in [1.54, 1.807) is 0 Å². The van der Waals surface area contributed by atoms with E-state index in [0.717, 1.165) is 44.9 Å². The largest absolute Gasteiger partial charge is 0.756 e. The minimum absolute atomic E-state index is 0.0453. The summed E-state index contributed by atoms with van der Waals surface area (Å²) >= 11 is 0. The van der Waals surface area contributed by atoms with Crippen LogP contribution >= 0.6 is 7.82 Å². The van der Waals surface area contributed by atoms with Crippen molar-refractivity contribution in [1.82, 2.24) is 0 Å². The van der Waals surface area contributed by atoms with Crippen molar-refractivity contribution in [2.45, 2.75) is 187 Å². The molecule has 0 aromatic carbocycles. The first-order valence-electron chi connectivity index (χ1n) is 23.0. The van der Waals surface area contributed by atoms with Crippen molar-refractivity contribution in [2.75, 3.05) is 47.5 Å². The van der Waals surface area contributed by atoms with E-state index >= 15 is 0 Å². The van der Waals surface area contributed by atoms with E-state index in [1.807, 2.05) is 33.3 Å². The van der Waals surface area contributed by atoms with Crippen LogP contribution in [0.5, 0.6) is 0 Å². The first kappa shape index (κ1) is 55.7. The van der Waals surface area contributed by atoms with Crippen LogP contribution in [-0.4, -0.2) is 70.0 Å². The number of esters is 2. The second kappa shape index (κ2) is 40.1. The summed E-state index contributed by atoms with van der Waals surface area (Å²) in [6.07, 6.45) is 48.3. The van der Waals surface area contributed by atoms with Crippen LogP contribution in [0, 0.1) is 0 Å². The van der Waals surface area contributed by atoms with E-state index in [0.29, 0.717) is 17.4 Å². The minimum atomic E-state index is -4.65. The fourth-order valence-electron chi connectivity index (χ4n) is 5.93. The Morgan fingerprint density at radius 2 is 0.966 bits per heavy atom. The lowest BCUT2D eigenvalue weighted by atomic mass is 10.0. The highest BCUT2D eigenvalue weighted by atomic mass is 31.2. The van der Waals surface area contributed by atoms with E-state index < -0.39 is 32.5 Å². The molecule has 0 aliphatic rings. The van der Waals surface area contributed by atoms with E-state index in [4.69, 9.17) is 18.5 Å². The van der Waals surface area contributed by atoms with Crippen LogP contribution < -0.4 is 4.89 Å². The average molecular weight is 836 g/mol. The standard InChI is InChI=1S/C48H86NO8P/c1-6-8-10-12-14-16-18-20-22-23-24-25-27-29-31-33-35-37-39-41-48(51)57-46(45-56-58(52,53)55-43-42-49(3,4)5)44-54-47(50)40-38-36-34-32-30-28-26-21-19-17-15-13-11-9-7-2/h14,16,20,22,24-25,29,31,35,37,46H,6-13,15,17-19,21,23,26-28,30,32-34,36,38-45H2,1-5H3/b16-14-,22-20-,25-24-,31-29-,37-35-. The van der Waals surface area contributed by atoms with Crippen molar-refractivity contribution in [3.05, 3.63) is 60.8 Å². The average Bonchev–Trinajstić information content (AvgIpc) is 3.17. The van der Waals surface area contributed by atoms with Gasteiger partial charge in [-0.2, -0.15) is 0 Å². The zero-order valence-corrected chi connectivity index (χ0v) is 38.6. The SMILES string of the molecule is CCCCC/C=C\C/C=C\C/C=C\C/C=C\C/C=C\CCC(=O)OC(COC(=O)CCCCCCCCCCCCCCCCC)COP(=O)([O-])OCC[N+](C)(C)C. The first-order valence-corrected chi connectivity index (χ1v) is 24.5. The Labute approximate surface area is 356 Å². The summed E-state index contributed by atoms with van der Waals surface area (Å²) in [7, 11) is 1.12. The van der Waals surface area contributed by atoms with Crippen LogP contribution in [0.3, 0.4) is 0 Å². The van der Waals surface area contributed by atoms with Crippen LogP contribution in [0.25, 0.3) is 0 Å². The molecule has 0 radical (unpaired) electrons. The summed E-state index contributed by atoms with van der Waals surface area (Å²) in [5.74, 6) is -0.930. The van der Waals surface area contributed by atoms with E-state index in [9.17, 15) is 19.0 Å². The van der Waals surface area contributed by atoms with Gasteiger partial charge in [0, 0.05) is 12.8 Å². The van der Waals surface area contributed by atoms with Crippen LogP contribution in [0.4, 0.5) is 0 Å². The molecule has 9 nitrogen and oxygen atoms in total. The third-order valence-corrected chi connectivity index (χ3v) is 10.5. The minimum Gasteiger partial charge on any atom is -0.756 e. The Balaban J connectivity index is 4.46. The molecule has 0 saturated heterocycles. The molecule has 0 aliphatic carbocycles. The molecule has 0 bridgehead atoms. The number of hydrogen-bond acceptors (Lipinski definition) is 8. The predicted octanol–water partition coefficient (Wildman–Crippen LogP) is 12.6. The van der Waals surface area contributed by atoms with Gasteiger partial charge < -0.3 is 27.9 Å². The highest BCUT2D eigenvalue weighted by molar-refractivity contribution is 7.45. The number of ether oxygens (including phenoxy) is 2. The maximum Gasteiger partial charge on any atom is 0.306 e. The topological polar surface area (TPSA) is 111 Å². The summed E-state index contributed by atoms with van der Waals surface area (Å²) in [6, 6.07) is 0. The number of hydrogen-bond donors (Lipinski definition) is 0. The highest BCUT2D eigenvalue weighted by Crippen LogP contribution is 2.38. The van der Waals surface area contributed by atoms with Crippen LogP contribution in [-0.2, 0) is 32.7 Å². The van der Waals surface area contributed by atoms with Gasteiger partial charge in [0.15, 0.2) is 6.10 Å².